The quantitative estimate of drug-likeness (QED) is 0.928. The van der Waals surface area contributed by atoms with Gasteiger partial charge in [-0.3, -0.25) is 4.79 Å². The Balaban J connectivity index is 2.08. The SMILES string of the molecule is CC(c1ccccc1Cl)N(C)C(=O)[C@H]1CCN[C@@H](C)C1. The van der Waals surface area contributed by atoms with Crippen LogP contribution in [0.3, 0.4) is 0 Å². The van der Waals surface area contributed by atoms with Crippen LogP contribution in [0.4, 0.5) is 0 Å². The lowest BCUT2D eigenvalue weighted by atomic mass is 9.91. The Hall–Kier alpha value is -1.06. The smallest absolute Gasteiger partial charge is 0.226 e. The first-order chi connectivity index (χ1) is 9.50. The van der Waals surface area contributed by atoms with E-state index >= 15 is 0 Å². The van der Waals surface area contributed by atoms with Crippen LogP contribution in [0.25, 0.3) is 0 Å². The molecule has 0 aromatic heterocycles. The summed E-state index contributed by atoms with van der Waals surface area (Å²) in [6.07, 6.45) is 1.83. The molecule has 1 unspecified atom stereocenters. The number of benzene rings is 1. The molecule has 1 aliphatic rings. The fourth-order valence-corrected chi connectivity index (χ4v) is 3.15. The lowest BCUT2D eigenvalue weighted by Crippen LogP contribution is -2.43. The Morgan fingerprint density at radius 2 is 2.15 bits per heavy atom. The van der Waals surface area contributed by atoms with Crippen molar-refractivity contribution in [1.29, 1.82) is 0 Å². The highest BCUT2D eigenvalue weighted by molar-refractivity contribution is 6.31. The molecule has 3 nitrogen and oxygen atoms in total. The van der Waals surface area contributed by atoms with Crippen LogP contribution in [0.2, 0.25) is 5.02 Å². The van der Waals surface area contributed by atoms with Crippen molar-refractivity contribution in [2.75, 3.05) is 13.6 Å². The van der Waals surface area contributed by atoms with Crippen LogP contribution in [0.15, 0.2) is 24.3 Å². The fraction of sp³-hybridized carbons (Fsp3) is 0.562. The lowest BCUT2D eigenvalue weighted by Gasteiger charge is -2.33. The predicted molar refractivity (Wildman–Crippen MR) is 82.8 cm³/mol. The summed E-state index contributed by atoms with van der Waals surface area (Å²) in [5.74, 6) is 0.354. The van der Waals surface area contributed by atoms with Crippen LogP contribution in [0, 0.1) is 5.92 Å². The minimum absolute atomic E-state index is 0.00129. The van der Waals surface area contributed by atoms with Gasteiger partial charge in [0.1, 0.15) is 0 Å². The van der Waals surface area contributed by atoms with Gasteiger partial charge in [0.05, 0.1) is 6.04 Å². The molecule has 0 aliphatic carbocycles. The molecule has 1 saturated heterocycles. The molecule has 0 spiro atoms. The molecule has 1 N–H and O–H groups in total. The van der Waals surface area contributed by atoms with Crippen molar-refractivity contribution < 1.29 is 4.79 Å². The van der Waals surface area contributed by atoms with Crippen LogP contribution < -0.4 is 5.32 Å². The van der Waals surface area contributed by atoms with Gasteiger partial charge < -0.3 is 10.2 Å². The van der Waals surface area contributed by atoms with E-state index in [0.29, 0.717) is 6.04 Å². The van der Waals surface area contributed by atoms with Gasteiger partial charge in [0.2, 0.25) is 5.91 Å². The van der Waals surface area contributed by atoms with Crippen molar-refractivity contribution in [1.82, 2.24) is 10.2 Å². The number of nitrogens with one attached hydrogen (secondary N) is 1. The van der Waals surface area contributed by atoms with Crippen LogP contribution >= 0.6 is 11.6 Å². The third kappa shape index (κ3) is 3.33. The molecule has 1 aliphatic heterocycles. The summed E-state index contributed by atoms with van der Waals surface area (Å²) in [6.45, 7) is 5.09. The Labute approximate surface area is 126 Å². The van der Waals surface area contributed by atoms with Crippen LogP contribution in [-0.2, 0) is 4.79 Å². The molecule has 0 bridgehead atoms. The molecule has 1 amide bonds. The minimum Gasteiger partial charge on any atom is -0.339 e. The number of hydrogen-bond donors (Lipinski definition) is 1. The number of halogens is 1. The maximum absolute atomic E-state index is 12.6. The van der Waals surface area contributed by atoms with E-state index in [1.165, 1.54) is 0 Å². The summed E-state index contributed by atoms with van der Waals surface area (Å²) in [7, 11) is 1.88. The van der Waals surface area contributed by atoms with Gasteiger partial charge in [-0.2, -0.15) is 0 Å². The van der Waals surface area contributed by atoms with E-state index in [4.69, 9.17) is 11.6 Å². The zero-order valence-electron chi connectivity index (χ0n) is 12.4. The van der Waals surface area contributed by atoms with Crippen molar-refractivity contribution in [2.45, 2.75) is 38.8 Å². The Bertz CT molecular complexity index is 477. The summed E-state index contributed by atoms with van der Waals surface area (Å²) in [6, 6.07) is 8.15. The molecule has 20 heavy (non-hydrogen) atoms. The number of rotatable bonds is 3. The molecular formula is C16H23ClN2O. The standard InChI is InChI=1S/C16H23ClN2O/c1-11-10-13(8-9-18-11)16(20)19(3)12(2)14-6-4-5-7-15(14)17/h4-7,11-13,18H,8-10H2,1-3H3/t11-,12?,13-/m0/s1. The first-order valence-electron chi connectivity index (χ1n) is 7.25. The van der Waals surface area contributed by atoms with Crippen LogP contribution in [0.1, 0.15) is 38.3 Å². The van der Waals surface area contributed by atoms with E-state index in [1.807, 2.05) is 43.1 Å². The van der Waals surface area contributed by atoms with Crippen LogP contribution in [-0.4, -0.2) is 30.4 Å². The number of carbonyl (C=O) groups is 1. The predicted octanol–water partition coefficient (Wildman–Crippen LogP) is 3.25. The summed E-state index contributed by atoms with van der Waals surface area (Å²) in [5, 5.41) is 4.10. The second-order valence-corrected chi connectivity index (χ2v) is 6.13. The molecule has 1 aromatic carbocycles. The van der Waals surface area contributed by atoms with Gasteiger partial charge in [0.15, 0.2) is 0 Å². The van der Waals surface area contributed by atoms with Crippen molar-refractivity contribution in [2.24, 2.45) is 5.92 Å². The number of nitrogens with zero attached hydrogens (tertiary/aromatic N) is 1. The van der Waals surface area contributed by atoms with Crippen molar-refractivity contribution in [3.8, 4) is 0 Å². The number of carbonyl (C=O) groups excluding carboxylic acids is 1. The van der Waals surface area contributed by atoms with Crippen molar-refractivity contribution >= 4 is 17.5 Å². The molecule has 0 saturated carbocycles. The highest BCUT2D eigenvalue weighted by atomic mass is 35.5. The van der Waals surface area contributed by atoms with E-state index in [2.05, 4.69) is 12.2 Å². The summed E-state index contributed by atoms with van der Waals surface area (Å²) in [5.41, 5.74) is 1.01. The molecule has 4 heteroatoms. The number of hydrogen-bond acceptors (Lipinski definition) is 2. The minimum atomic E-state index is 0.00129. The average Bonchev–Trinajstić information content (AvgIpc) is 2.45. The zero-order valence-corrected chi connectivity index (χ0v) is 13.2. The molecule has 2 rings (SSSR count). The molecule has 1 fully saturated rings. The van der Waals surface area contributed by atoms with Gasteiger partial charge in [0, 0.05) is 24.0 Å². The van der Waals surface area contributed by atoms with E-state index in [9.17, 15) is 4.79 Å². The van der Waals surface area contributed by atoms with Crippen LogP contribution in [0.5, 0.6) is 0 Å². The van der Waals surface area contributed by atoms with Gasteiger partial charge >= 0.3 is 0 Å². The summed E-state index contributed by atoms with van der Waals surface area (Å²) < 4.78 is 0. The Morgan fingerprint density at radius 3 is 2.80 bits per heavy atom. The Kier molecular flexibility index (Phi) is 5.06. The number of piperidine rings is 1. The molecule has 1 aromatic rings. The maximum atomic E-state index is 12.6. The summed E-state index contributed by atoms with van der Waals surface area (Å²) in [4.78, 5) is 14.5. The molecule has 110 valence electrons. The maximum Gasteiger partial charge on any atom is 0.226 e. The highest BCUT2D eigenvalue weighted by Gasteiger charge is 2.29. The third-order valence-electron chi connectivity index (χ3n) is 4.26. The van der Waals surface area contributed by atoms with Gasteiger partial charge in [-0.05, 0) is 44.9 Å². The fourth-order valence-electron chi connectivity index (χ4n) is 2.86. The van der Waals surface area contributed by atoms with E-state index in [-0.39, 0.29) is 17.9 Å². The largest absolute Gasteiger partial charge is 0.339 e. The zero-order chi connectivity index (χ0) is 14.7. The monoisotopic (exact) mass is 294 g/mol. The topological polar surface area (TPSA) is 32.3 Å². The van der Waals surface area contributed by atoms with E-state index in [0.717, 1.165) is 30.0 Å². The molecule has 0 radical (unpaired) electrons. The average molecular weight is 295 g/mol. The van der Waals surface area contributed by atoms with Gasteiger partial charge in [0.25, 0.3) is 0 Å². The highest BCUT2D eigenvalue weighted by Crippen LogP contribution is 2.28. The second-order valence-electron chi connectivity index (χ2n) is 5.72. The normalized spacial score (nSPS) is 24.2. The second kappa shape index (κ2) is 6.59. The molecule has 3 atom stereocenters. The van der Waals surface area contributed by atoms with Gasteiger partial charge in [-0.15, -0.1) is 0 Å². The van der Waals surface area contributed by atoms with Crippen molar-refractivity contribution in [3.05, 3.63) is 34.9 Å². The summed E-state index contributed by atoms with van der Waals surface area (Å²) >= 11 is 6.23. The molecule has 1 heterocycles. The molecular weight excluding hydrogens is 272 g/mol. The van der Waals surface area contributed by atoms with Crippen molar-refractivity contribution in [3.63, 3.8) is 0 Å². The van der Waals surface area contributed by atoms with Gasteiger partial charge in [-0.1, -0.05) is 29.8 Å². The van der Waals surface area contributed by atoms with E-state index < -0.39 is 0 Å². The lowest BCUT2D eigenvalue weighted by molar-refractivity contribution is -0.137. The van der Waals surface area contributed by atoms with E-state index in [1.54, 1.807) is 0 Å². The van der Waals surface area contributed by atoms with Gasteiger partial charge in [-0.25, -0.2) is 0 Å². The first kappa shape index (κ1) is 15.3. The third-order valence-corrected chi connectivity index (χ3v) is 4.60. The Morgan fingerprint density at radius 1 is 1.45 bits per heavy atom. The first-order valence-corrected chi connectivity index (χ1v) is 7.63. The number of amides is 1.